The second kappa shape index (κ2) is 8.62. The summed E-state index contributed by atoms with van der Waals surface area (Å²) >= 11 is 1.55. The Kier molecular flexibility index (Phi) is 5.29. The van der Waals surface area contributed by atoms with Gasteiger partial charge in [0.15, 0.2) is 5.01 Å². The SMILES string of the molecule is C[C@@H](C#N)Nc1cc(-c2ccc3cc(C#N)cnn23)ncc1-c1nnc(N2CC3CCC(C2)N3)s1. The number of hydrogen-bond acceptors (Lipinski definition) is 10. The predicted octanol–water partition coefficient (Wildman–Crippen LogP) is 3.05. The number of nitriles is 2. The van der Waals surface area contributed by atoms with Crippen molar-refractivity contribution in [3.63, 3.8) is 0 Å². The van der Waals surface area contributed by atoms with Crippen LogP contribution in [0.1, 0.15) is 25.3 Å². The van der Waals surface area contributed by atoms with Crippen molar-refractivity contribution >= 4 is 27.7 Å². The van der Waals surface area contributed by atoms with Gasteiger partial charge in [-0.05, 0) is 44.0 Å². The van der Waals surface area contributed by atoms with Gasteiger partial charge in [0.2, 0.25) is 5.13 Å². The average Bonchev–Trinajstić information content (AvgIpc) is 3.62. The van der Waals surface area contributed by atoms with Gasteiger partial charge in [0.25, 0.3) is 0 Å². The molecule has 2 aliphatic rings. The first-order valence-corrected chi connectivity index (χ1v) is 12.3. The summed E-state index contributed by atoms with van der Waals surface area (Å²) in [5, 5.41) is 40.5. The molecule has 0 aliphatic carbocycles. The van der Waals surface area contributed by atoms with Gasteiger partial charge in [-0.3, -0.25) is 4.98 Å². The molecule has 0 spiro atoms. The molecule has 6 heterocycles. The molecule has 2 saturated heterocycles. The molecule has 6 rings (SSSR count). The summed E-state index contributed by atoms with van der Waals surface area (Å²) in [5.41, 5.74) is 4.36. The topological polar surface area (TPSA) is 131 Å². The lowest BCUT2D eigenvalue weighted by Gasteiger charge is -2.32. The van der Waals surface area contributed by atoms with Gasteiger partial charge in [-0.25, -0.2) is 4.52 Å². The first-order chi connectivity index (χ1) is 17.1. The summed E-state index contributed by atoms with van der Waals surface area (Å²) in [4.78, 5) is 7.03. The molecule has 35 heavy (non-hydrogen) atoms. The van der Waals surface area contributed by atoms with Crippen LogP contribution in [0.5, 0.6) is 0 Å². The largest absolute Gasteiger partial charge is 0.369 e. The molecule has 4 aromatic heterocycles. The maximum absolute atomic E-state index is 9.42. The number of piperazine rings is 1. The molecule has 10 nitrogen and oxygen atoms in total. The number of hydrogen-bond donors (Lipinski definition) is 2. The highest BCUT2D eigenvalue weighted by molar-refractivity contribution is 7.18. The Balaban J connectivity index is 1.36. The van der Waals surface area contributed by atoms with E-state index in [1.165, 1.54) is 19.0 Å². The zero-order valence-electron chi connectivity index (χ0n) is 19.0. The van der Waals surface area contributed by atoms with Gasteiger partial charge in [-0.2, -0.15) is 15.6 Å². The fraction of sp³-hybridized carbons (Fsp3) is 0.333. The molecule has 0 amide bonds. The highest BCUT2D eigenvalue weighted by Gasteiger charge is 2.33. The molecule has 2 aliphatic heterocycles. The van der Waals surface area contributed by atoms with Crippen molar-refractivity contribution < 1.29 is 0 Å². The average molecular weight is 483 g/mol. The number of anilines is 2. The van der Waals surface area contributed by atoms with Gasteiger partial charge in [0.05, 0.1) is 40.3 Å². The molecule has 0 saturated carbocycles. The molecule has 11 heteroatoms. The summed E-state index contributed by atoms with van der Waals surface area (Å²) in [6, 6.07) is 12.5. The minimum atomic E-state index is -0.402. The Labute approximate surface area is 205 Å². The number of nitrogens with one attached hydrogen (secondary N) is 2. The Morgan fingerprint density at radius 2 is 1.97 bits per heavy atom. The van der Waals surface area contributed by atoms with Crippen molar-refractivity contribution in [2.24, 2.45) is 0 Å². The number of rotatable bonds is 5. The fourth-order valence-corrected chi connectivity index (χ4v) is 5.70. The third-order valence-corrected chi connectivity index (χ3v) is 7.51. The third-order valence-electron chi connectivity index (χ3n) is 6.49. The summed E-state index contributed by atoms with van der Waals surface area (Å²) < 4.78 is 1.75. The van der Waals surface area contributed by atoms with Gasteiger partial charge >= 0.3 is 0 Å². The molecule has 4 aromatic rings. The Morgan fingerprint density at radius 3 is 2.74 bits per heavy atom. The van der Waals surface area contributed by atoms with E-state index >= 15 is 0 Å². The first-order valence-electron chi connectivity index (χ1n) is 11.5. The summed E-state index contributed by atoms with van der Waals surface area (Å²) in [6.07, 6.45) is 5.72. The van der Waals surface area contributed by atoms with Crippen molar-refractivity contribution in [3.05, 3.63) is 42.2 Å². The second-order valence-electron chi connectivity index (χ2n) is 8.95. The molecule has 0 radical (unpaired) electrons. The standard InChI is InChI=1S/C24H22N10S/c1-14(8-25)29-20-7-21(22-5-4-18-6-15(9-26)10-28-34(18)22)27-11-19(20)23-31-32-24(35-23)33-12-16-2-3-17(13-33)30-16/h4-7,10-11,14,16-17,30H,2-3,12-13H2,1H3,(H,27,29)/t14-,16?,17?/m0/s1. The number of pyridine rings is 1. The Bertz CT molecular complexity index is 1480. The summed E-state index contributed by atoms with van der Waals surface area (Å²) in [5.74, 6) is 0. The number of fused-ring (bicyclic) bond motifs is 3. The van der Waals surface area contributed by atoms with Gasteiger partial charge in [0.1, 0.15) is 12.1 Å². The zero-order valence-corrected chi connectivity index (χ0v) is 19.8. The van der Waals surface area contributed by atoms with Crippen LogP contribution in [0.4, 0.5) is 10.8 Å². The number of nitrogens with zero attached hydrogens (tertiary/aromatic N) is 8. The molecule has 3 atom stereocenters. The Morgan fingerprint density at radius 1 is 1.14 bits per heavy atom. The van der Waals surface area contributed by atoms with Gasteiger partial charge in [0, 0.05) is 37.1 Å². The fourth-order valence-electron chi connectivity index (χ4n) is 4.81. The minimum Gasteiger partial charge on any atom is -0.369 e. The molecule has 2 bridgehead atoms. The molecule has 174 valence electrons. The molecule has 2 fully saturated rings. The molecular weight excluding hydrogens is 460 g/mol. The monoisotopic (exact) mass is 482 g/mol. The lowest BCUT2D eigenvalue weighted by Crippen LogP contribution is -2.51. The molecule has 0 aromatic carbocycles. The van der Waals surface area contributed by atoms with Crippen LogP contribution < -0.4 is 15.5 Å². The van der Waals surface area contributed by atoms with E-state index < -0.39 is 6.04 Å². The smallest absolute Gasteiger partial charge is 0.208 e. The molecule has 2 unspecified atom stereocenters. The maximum Gasteiger partial charge on any atom is 0.208 e. The highest BCUT2D eigenvalue weighted by atomic mass is 32.1. The van der Waals surface area contributed by atoms with Gasteiger partial charge < -0.3 is 15.5 Å². The predicted molar refractivity (Wildman–Crippen MR) is 133 cm³/mol. The van der Waals surface area contributed by atoms with E-state index in [0.29, 0.717) is 23.3 Å². The van der Waals surface area contributed by atoms with Crippen LogP contribution in [0.2, 0.25) is 0 Å². The zero-order chi connectivity index (χ0) is 23.9. The minimum absolute atomic E-state index is 0.402. The van der Waals surface area contributed by atoms with Crippen molar-refractivity contribution in [1.82, 2.24) is 30.1 Å². The third kappa shape index (κ3) is 3.95. The number of aromatic nitrogens is 5. The normalized spacial score (nSPS) is 19.9. The quantitative estimate of drug-likeness (QED) is 0.440. The van der Waals surface area contributed by atoms with Crippen LogP contribution >= 0.6 is 11.3 Å². The summed E-state index contributed by atoms with van der Waals surface area (Å²) in [6.45, 7) is 3.70. The van der Waals surface area contributed by atoms with Crippen molar-refractivity contribution in [1.29, 1.82) is 10.5 Å². The van der Waals surface area contributed by atoms with E-state index in [1.54, 1.807) is 28.1 Å². The van der Waals surface area contributed by atoms with Gasteiger partial charge in [-0.1, -0.05) is 11.3 Å². The van der Waals surface area contributed by atoms with E-state index in [4.69, 9.17) is 10.2 Å². The van der Waals surface area contributed by atoms with Crippen molar-refractivity contribution in [2.75, 3.05) is 23.3 Å². The van der Waals surface area contributed by atoms with E-state index in [1.807, 2.05) is 25.1 Å². The van der Waals surface area contributed by atoms with Crippen molar-refractivity contribution in [2.45, 2.75) is 37.9 Å². The lowest BCUT2D eigenvalue weighted by atomic mass is 10.1. The van der Waals surface area contributed by atoms with Crippen LogP contribution in [-0.2, 0) is 0 Å². The second-order valence-corrected chi connectivity index (χ2v) is 9.91. The van der Waals surface area contributed by atoms with Crippen LogP contribution in [0, 0.1) is 22.7 Å². The van der Waals surface area contributed by atoms with Crippen LogP contribution in [0.15, 0.2) is 36.7 Å². The van der Waals surface area contributed by atoms with E-state index in [2.05, 4.69) is 43.0 Å². The van der Waals surface area contributed by atoms with Gasteiger partial charge in [-0.15, -0.1) is 10.2 Å². The van der Waals surface area contributed by atoms with Crippen LogP contribution in [0.3, 0.4) is 0 Å². The van der Waals surface area contributed by atoms with Crippen LogP contribution in [-0.4, -0.2) is 56.0 Å². The van der Waals surface area contributed by atoms with E-state index in [-0.39, 0.29) is 0 Å². The van der Waals surface area contributed by atoms with Crippen molar-refractivity contribution in [3.8, 4) is 34.1 Å². The molecular formula is C24H22N10S. The first kappa shape index (κ1) is 21.5. The Hall–Kier alpha value is -4.06. The lowest BCUT2D eigenvalue weighted by molar-refractivity contribution is 0.465. The molecule has 2 N–H and O–H groups in total. The van der Waals surface area contributed by atoms with E-state index in [0.717, 1.165) is 45.7 Å². The highest BCUT2D eigenvalue weighted by Crippen LogP contribution is 2.36. The van der Waals surface area contributed by atoms with Crippen LogP contribution in [0.25, 0.3) is 27.5 Å². The van der Waals surface area contributed by atoms with E-state index in [9.17, 15) is 5.26 Å². The summed E-state index contributed by atoms with van der Waals surface area (Å²) in [7, 11) is 0. The maximum atomic E-state index is 9.42.